The van der Waals surface area contributed by atoms with Crippen LogP contribution in [0, 0.1) is 22.7 Å². The molecule has 0 spiro atoms. The van der Waals surface area contributed by atoms with Gasteiger partial charge < -0.3 is 45.4 Å². The van der Waals surface area contributed by atoms with Crippen LogP contribution in [0.2, 0.25) is 0 Å². The van der Waals surface area contributed by atoms with Crippen molar-refractivity contribution in [3.63, 3.8) is 0 Å². The van der Waals surface area contributed by atoms with Crippen molar-refractivity contribution < 1.29 is 81.3 Å². The molecule has 4 aliphatic carbocycles. The second-order valence-corrected chi connectivity index (χ2v) is 23.0. The lowest BCUT2D eigenvalue weighted by molar-refractivity contribution is -0.231. The maximum Gasteiger partial charge on any atom is 0.470 e. The monoisotopic (exact) mass is 1170 g/mol. The van der Waals surface area contributed by atoms with E-state index < -0.39 is 127 Å². The number of Topliss-reactive ketones (excluding diaryl/α,β-unsaturated/α-hetero) is 1. The Kier molecular flexibility index (Phi) is 15.1. The van der Waals surface area contributed by atoms with Crippen LogP contribution in [0.3, 0.4) is 0 Å². The van der Waals surface area contributed by atoms with E-state index in [2.05, 4.69) is 47.8 Å². The first-order valence-corrected chi connectivity index (χ1v) is 26.8. The van der Waals surface area contributed by atoms with Gasteiger partial charge in [0.25, 0.3) is 11.8 Å². The number of carboxylic acid groups (broad SMARTS) is 1. The maximum atomic E-state index is 17.9. The molecule has 1 saturated heterocycles. The fourth-order valence-corrected chi connectivity index (χ4v) is 13.6. The highest BCUT2D eigenvalue weighted by Crippen LogP contribution is 2.72. The minimum absolute atomic E-state index is 0.0130. The number of ketones is 2. The predicted molar refractivity (Wildman–Crippen MR) is 258 cm³/mol. The summed E-state index contributed by atoms with van der Waals surface area (Å²) in [5.74, 6) is -7.23. The average molecular weight is 1170 g/mol. The predicted octanol–water partition coefficient (Wildman–Crippen LogP) is 4.32. The number of aliphatic carboxylic acids is 1. The molecule has 3 heterocycles. The van der Waals surface area contributed by atoms with Crippen molar-refractivity contribution in [1.29, 1.82) is 0 Å². The molecular formula is C47H50Br2FN4O16PS. The summed E-state index contributed by atoms with van der Waals surface area (Å²) in [4.78, 5) is 122. The number of halogens is 3. The third-order valence-electron chi connectivity index (χ3n) is 15.0. The van der Waals surface area contributed by atoms with E-state index in [9.17, 15) is 62.9 Å². The Morgan fingerprint density at radius 3 is 2.46 bits per heavy atom. The Labute approximate surface area is 431 Å². The molecule has 3 saturated carbocycles. The van der Waals surface area contributed by atoms with Crippen molar-refractivity contribution in [2.75, 3.05) is 25.0 Å². The van der Waals surface area contributed by atoms with Crippen molar-refractivity contribution >= 4 is 104 Å². The number of fused-ring (bicyclic) bond motifs is 7. The summed E-state index contributed by atoms with van der Waals surface area (Å²) >= 11 is 7.33. The van der Waals surface area contributed by atoms with Crippen molar-refractivity contribution in [2.45, 2.75) is 101 Å². The first kappa shape index (κ1) is 53.7. The van der Waals surface area contributed by atoms with Crippen LogP contribution in [0.4, 0.5) is 10.1 Å². The van der Waals surface area contributed by atoms with Gasteiger partial charge in [-0.1, -0.05) is 30.7 Å². The number of aliphatic hydroxyl groups is 1. The van der Waals surface area contributed by atoms with Crippen molar-refractivity contribution in [3.8, 4) is 0 Å². The second kappa shape index (κ2) is 20.2. The lowest BCUT2D eigenvalue weighted by atomic mass is 9.44. The normalized spacial score (nSPS) is 31.1. The van der Waals surface area contributed by atoms with Crippen LogP contribution >= 0.6 is 51.0 Å². The van der Waals surface area contributed by atoms with Gasteiger partial charge in [0.05, 0.1) is 18.8 Å². The minimum atomic E-state index is -5.14. The quantitative estimate of drug-likeness (QED) is 0.0808. The summed E-state index contributed by atoms with van der Waals surface area (Å²) in [6.45, 7) is 1.48. The summed E-state index contributed by atoms with van der Waals surface area (Å²) in [5, 5.41) is 30.5. The van der Waals surface area contributed by atoms with Gasteiger partial charge in [0.2, 0.25) is 17.7 Å². The van der Waals surface area contributed by atoms with E-state index in [0.717, 1.165) is 9.78 Å². The van der Waals surface area contributed by atoms with E-state index in [1.54, 1.807) is 49.6 Å². The molecule has 0 radical (unpaired) electrons. The number of carboxylic acids is 1. The number of imide groups is 1. The number of amides is 5. The van der Waals surface area contributed by atoms with Crippen LogP contribution in [0.15, 0.2) is 68.5 Å². The number of phosphoric ester groups is 1. The number of benzene rings is 1. The Hall–Kier alpha value is -4.62. The molecule has 7 N–H and O–H groups in total. The van der Waals surface area contributed by atoms with Gasteiger partial charge in [0, 0.05) is 58.7 Å². The van der Waals surface area contributed by atoms with E-state index in [-0.39, 0.29) is 53.4 Å². The van der Waals surface area contributed by atoms with Crippen LogP contribution in [0.1, 0.15) is 81.1 Å². The number of anilines is 1. The van der Waals surface area contributed by atoms with E-state index in [4.69, 9.17) is 14.0 Å². The van der Waals surface area contributed by atoms with Gasteiger partial charge in [-0.2, -0.15) is 0 Å². The van der Waals surface area contributed by atoms with Crippen LogP contribution in [0.5, 0.6) is 0 Å². The first-order chi connectivity index (χ1) is 33.8. The number of carbonyl (C=O) groups excluding carboxylic acids is 7. The molecule has 2 aromatic rings. The number of thiophene rings is 1. The zero-order chi connectivity index (χ0) is 52.3. The van der Waals surface area contributed by atoms with Crippen LogP contribution in [0.25, 0.3) is 0 Å². The van der Waals surface area contributed by atoms with E-state index >= 15 is 4.39 Å². The van der Waals surface area contributed by atoms with E-state index in [1.807, 2.05) is 0 Å². The summed E-state index contributed by atoms with van der Waals surface area (Å²) in [5.41, 5.74) is -4.67. The number of aliphatic hydroxyl groups excluding tert-OH is 1. The van der Waals surface area contributed by atoms with Gasteiger partial charge in [-0.25, -0.2) is 8.96 Å². The van der Waals surface area contributed by atoms with Crippen LogP contribution in [-0.2, 0) is 63.3 Å². The molecule has 0 bridgehead atoms. The highest BCUT2D eigenvalue weighted by atomic mass is 79.9. The summed E-state index contributed by atoms with van der Waals surface area (Å²) < 4.78 is 47.8. The van der Waals surface area contributed by atoms with Crippen molar-refractivity contribution in [1.82, 2.24) is 15.5 Å². The highest BCUT2D eigenvalue weighted by molar-refractivity contribution is 9.14. The number of carbonyl (C=O) groups is 8. The maximum absolute atomic E-state index is 17.9. The van der Waals surface area contributed by atoms with Crippen LogP contribution in [-0.4, -0.2) is 121 Å². The number of hydrogen-bond acceptors (Lipinski definition) is 14. The van der Waals surface area contributed by atoms with E-state index in [0.29, 0.717) is 35.2 Å². The highest BCUT2D eigenvalue weighted by Gasteiger charge is 2.79. The van der Waals surface area contributed by atoms with Crippen LogP contribution < -0.4 is 16.0 Å². The molecule has 8 rings (SSSR count). The third kappa shape index (κ3) is 9.79. The molecule has 386 valence electrons. The largest absolute Gasteiger partial charge is 0.481 e. The van der Waals surface area contributed by atoms with Crippen molar-refractivity contribution in [2.24, 2.45) is 22.7 Å². The molecule has 4 fully saturated rings. The number of phosphoric acid groups is 1. The number of ether oxygens (including phenoxy) is 2. The Morgan fingerprint density at radius 2 is 1.76 bits per heavy atom. The van der Waals surface area contributed by atoms with Gasteiger partial charge in [-0.15, -0.1) is 11.3 Å². The molecule has 5 amide bonds. The fourth-order valence-electron chi connectivity index (χ4n) is 11.6. The van der Waals surface area contributed by atoms with Crippen molar-refractivity contribution in [3.05, 3.63) is 84.5 Å². The number of rotatable bonds is 18. The number of nitrogens with one attached hydrogen (secondary N) is 3. The topological polar surface area (TPSA) is 302 Å². The standard InChI is InChI=1S/C47H50Br2FN4O16PS/c1-44-12-10-27(55)17-25(44)6-7-29-30-18-34-47(33(57)21-68-71(65,66)67,45(30,2)19-32(56)46(29,44)50)70-43(69-34)24-16-28(72-22-24)15-23-4-3-5-26(14-23)52-40(62)31(8-9-37(60)61)53-36(59)20-51-35(58)11-13-54-41(63)38(48)39(49)42(54)64/h3-5,10,12,14,16-17,22,29-32,34,43,56H,6-9,11,13,15,18-21H2,1-2H3,(H,51,58)(H,52,62)(H,53,59)(H,60,61)(H2,65,66,67)/t29-,30-,31-,32-,34+,43+,44-,45-,46-,47+/m0/s1. The SMILES string of the molecule is C[C@]12C=CC(=O)C=C1CC[C@H]1[C@@H]3C[C@H]4O[C@@H](c5csc(Cc6cccc(NC(=O)[C@H](CCC(=O)O)NC(=O)CNC(=O)CCN7C(=O)C(Br)=C(Br)C7=O)c6)c5)O[C@@]4(C(=O)COP(=O)(O)O)[C@@]3(C)C[C@H](O)[C@@]12F. The van der Waals surface area contributed by atoms with Gasteiger partial charge in [-0.05, 0) is 118 Å². The number of hydrogen-bond donors (Lipinski definition) is 7. The lowest BCUT2D eigenvalue weighted by Crippen LogP contribution is -2.69. The Balaban J connectivity index is 0.928. The molecule has 1 aromatic heterocycles. The third-order valence-corrected chi connectivity index (χ3v) is 18.5. The lowest BCUT2D eigenvalue weighted by Gasteiger charge is -2.62. The zero-order valence-electron chi connectivity index (χ0n) is 38.6. The summed E-state index contributed by atoms with van der Waals surface area (Å²) in [7, 11) is -5.14. The smallest absolute Gasteiger partial charge is 0.470 e. The minimum Gasteiger partial charge on any atom is -0.481 e. The zero-order valence-corrected chi connectivity index (χ0v) is 43.4. The molecule has 1 aromatic carbocycles. The molecule has 0 unspecified atom stereocenters. The Bertz CT molecular complexity index is 2780. The fraction of sp³-hybridized carbons (Fsp3) is 0.489. The molecule has 10 atom stereocenters. The second-order valence-electron chi connectivity index (χ2n) is 19.2. The number of nitrogens with zero attached hydrogens (tertiary/aromatic N) is 1. The molecule has 72 heavy (non-hydrogen) atoms. The molecular weight excluding hydrogens is 1120 g/mol. The van der Waals surface area contributed by atoms with Gasteiger partial charge >= 0.3 is 13.8 Å². The average Bonchev–Trinajstić information content (AvgIpc) is 4.05. The summed E-state index contributed by atoms with van der Waals surface area (Å²) in [6.07, 6.45) is 0.0897. The number of allylic oxidation sites excluding steroid dienone is 4. The van der Waals surface area contributed by atoms with Gasteiger partial charge in [0.15, 0.2) is 29.1 Å². The van der Waals surface area contributed by atoms with Gasteiger partial charge in [-0.3, -0.25) is 47.8 Å². The molecule has 6 aliphatic rings. The van der Waals surface area contributed by atoms with Gasteiger partial charge in [0.1, 0.15) is 21.6 Å². The molecule has 25 heteroatoms. The Morgan fingerprint density at radius 1 is 1.04 bits per heavy atom. The first-order valence-electron chi connectivity index (χ1n) is 22.9. The molecule has 2 aliphatic heterocycles. The molecule has 20 nitrogen and oxygen atoms in total. The van der Waals surface area contributed by atoms with E-state index in [1.165, 1.54) is 29.6 Å². The summed E-state index contributed by atoms with van der Waals surface area (Å²) in [6, 6.07) is 7.18. The number of alkyl halides is 1.